The Bertz CT molecular complexity index is 848. The molecule has 0 aromatic carbocycles. The van der Waals surface area contributed by atoms with Gasteiger partial charge in [0.15, 0.2) is 17.7 Å². The highest BCUT2D eigenvalue weighted by Gasteiger charge is 2.45. The molecule has 0 unspecified atom stereocenters. The fraction of sp³-hybridized carbons (Fsp3) is 0.625. The third-order valence-electron chi connectivity index (χ3n) is 5.18. The summed E-state index contributed by atoms with van der Waals surface area (Å²) >= 11 is 0. The van der Waals surface area contributed by atoms with E-state index in [0.717, 1.165) is 0 Å². The summed E-state index contributed by atoms with van der Waals surface area (Å²) < 4.78 is 5.79. The Labute approximate surface area is 159 Å². The largest absolute Gasteiger partial charge is 0.391 e. The number of hydrogen-bond donors (Lipinski definition) is 7. The predicted octanol–water partition coefficient (Wildman–Crippen LogP) is -2.56. The molecule has 7 N–H and O–H groups in total. The van der Waals surface area contributed by atoms with Crippen molar-refractivity contribution in [3.8, 4) is 0 Å². The molecule has 2 saturated heterocycles. The Balaban J connectivity index is 1.45. The van der Waals surface area contributed by atoms with Gasteiger partial charge < -0.3 is 41.0 Å². The first-order chi connectivity index (χ1) is 13.5. The van der Waals surface area contributed by atoms with Gasteiger partial charge in [0.05, 0.1) is 24.6 Å². The zero-order valence-corrected chi connectivity index (χ0v) is 15.1. The van der Waals surface area contributed by atoms with Crippen LogP contribution in [0.2, 0.25) is 0 Å². The van der Waals surface area contributed by atoms with Crippen molar-refractivity contribution < 1.29 is 24.9 Å². The smallest absolute Gasteiger partial charge is 0.240 e. The van der Waals surface area contributed by atoms with Gasteiger partial charge in [-0.25, -0.2) is 15.0 Å². The zero-order valence-electron chi connectivity index (χ0n) is 15.1. The molecule has 152 valence electrons. The number of aliphatic hydroxyl groups excluding tert-OH is 3. The number of H-pyrrole nitrogens is 1. The molecule has 28 heavy (non-hydrogen) atoms. The summed E-state index contributed by atoms with van der Waals surface area (Å²) in [6.45, 7) is 2.22. The number of fused-ring (bicyclic) bond motifs is 1. The zero-order chi connectivity index (χ0) is 19.8. The van der Waals surface area contributed by atoms with Crippen molar-refractivity contribution in [3.05, 3.63) is 12.7 Å². The molecule has 2 aliphatic heterocycles. The summed E-state index contributed by atoms with van der Waals surface area (Å²) in [5.41, 5.74) is 0.987. The number of carbonyl (C=O) groups excluding carboxylic acids is 1. The molecular weight excluding hydrogens is 370 g/mol. The minimum atomic E-state index is -1.34. The number of aromatic amines is 1. The lowest BCUT2D eigenvalue weighted by molar-refractivity contribution is -0.173. The topological polar surface area (TPSA) is 178 Å². The first-order valence-corrected chi connectivity index (χ1v) is 9.09. The van der Waals surface area contributed by atoms with E-state index in [1.54, 1.807) is 6.92 Å². The molecule has 12 nitrogen and oxygen atoms in total. The van der Waals surface area contributed by atoms with Gasteiger partial charge in [-0.2, -0.15) is 0 Å². The van der Waals surface area contributed by atoms with Crippen molar-refractivity contribution in [2.24, 2.45) is 0 Å². The second kappa shape index (κ2) is 7.56. The maximum Gasteiger partial charge on any atom is 0.240 e. The molecule has 4 heterocycles. The van der Waals surface area contributed by atoms with Crippen LogP contribution in [-0.2, 0) is 9.53 Å². The molecule has 0 saturated carbocycles. The monoisotopic (exact) mass is 393 g/mol. The first-order valence-electron chi connectivity index (χ1n) is 9.09. The van der Waals surface area contributed by atoms with Gasteiger partial charge in [-0.1, -0.05) is 0 Å². The Kier molecular flexibility index (Phi) is 5.12. The molecular formula is C16H23N7O5. The number of nitrogens with zero attached hydrogens (tertiary/aromatic N) is 3. The standard InChI is InChI=1S/C16H23N7O5/c1-6-8(22-15(27)9-7(24)2-3-17-9)11(25)12(26)16(28-6)23-14-10-13(19-4-18-10)20-5-21-14/h4-9,11-12,16-17,24-26H,2-3H2,1H3,(H,22,27)(H2,18,19,20,21,23)/t6-,7-,8-,9+,11+,12-,16-/m0/s1. The van der Waals surface area contributed by atoms with E-state index < -0.39 is 48.6 Å². The van der Waals surface area contributed by atoms with Gasteiger partial charge in [0.1, 0.15) is 30.1 Å². The van der Waals surface area contributed by atoms with E-state index in [1.807, 2.05) is 0 Å². The molecule has 7 atom stereocenters. The maximum absolute atomic E-state index is 12.4. The van der Waals surface area contributed by atoms with Crippen LogP contribution in [0.3, 0.4) is 0 Å². The van der Waals surface area contributed by atoms with Gasteiger partial charge in [-0.05, 0) is 19.9 Å². The van der Waals surface area contributed by atoms with E-state index in [4.69, 9.17) is 4.74 Å². The maximum atomic E-state index is 12.4. The summed E-state index contributed by atoms with van der Waals surface area (Å²) in [4.78, 5) is 27.4. The molecule has 0 spiro atoms. The van der Waals surface area contributed by atoms with Gasteiger partial charge in [-0.15, -0.1) is 0 Å². The van der Waals surface area contributed by atoms with Crippen LogP contribution < -0.4 is 16.0 Å². The highest BCUT2D eigenvalue weighted by atomic mass is 16.5. The van der Waals surface area contributed by atoms with Crippen LogP contribution in [0.4, 0.5) is 5.82 Å². The van der Waals surface area contributed by atoms with Crippen LogP contribution >= 0.6 is 0 Å². The summed E-state index contributed by atoms with van der Waals surface area (Å²) in [6.07, 6.45) is -1.72. The van der Waals surface area contributed by atoms with Crippen LogP contribution in [0.15, 0.2) is 12.7 Å². The van der Waals surface area contributed by atoms with E-state index in [2.05, 4.69) is 35.9 Å². The van der Waals surface area contributed by atoms with E-state index >= 15 is 0 Å². The SMILES string of the molecule is C[C@@H]1O[C@H](Nc2ncnc3nc[nH]c23)[C@@H](O)[C@H](O)[C@H]1NC(=O)[C@@H]1NCC[C@@H]1O. The normalized spacial score (nSPS) is 35.8. The molecule has 0 aliphatic carbocycles. The summed E-state index contributed by atoms with van der Waals surface area (Å²) in [6, 6.07) is -1.59. The highest BCUT2D eigenvalue weighted by Crippen LogP contribution is 2.24. The lowest BCUT2D eigenvalue weighted by Crippen LogP contribution is -2.65. The Hall–Kier alpha value is -2.38. The minimum Gasteiger partial charge on any atom is -0.391 e. The predicted molar refractivity (Wildman–Crippen MR) is 96.0 cm³/mol. The van der Waals surface area contributed by atoms with E-state index in [9.17, 15) is 20.1 Å². The second-order valence-electron chi connectivity index (χ2n) is 7.03. The van der Waals surface area contributed by atoms with Crippen molar-refractivity contribution in [2.45, 2.75) is 56.1 Å². The first kappa shape index (κ1) is 19.0. The molecule has 2 aromatic heterocycles. The average Bonchev–Trinajstić information content (AvgIpc) is 3.32. The molecule has 0 bridgehead atoms. The fourth-order valence-corrected chi connectivity index (χ4v) is 3.61. The van der Waals surface area contributed by atoms with Crippen LogP contribution in [-0.4, -0.2) is 90.4 Å². The lowest BCUT2D eigenvalue weighted by Gasteiger charge is -2.42. The lowest BCUT2D eigenvalue weighted by atomic mass is 9.95. The number of amides is 1. The third-order valence-corrected chi connectivity index (χ3v) is 5.18. The molecule has 2 fully saturated rings. The van der Waals surface area contributed by atoms with Crippen molar-refractivity contribution in [1.29, 1.82) is 0 Å². The quantitative estimate of drug-likeness (QED) is 0.292. The van der Waals surface area contributed by atoms with Crippen LogP contribution in [0.5, 0.6) is 0 Å². The van der Waals surface area contributed by atoms with Crippen molar-refractivity contribution in [1.82, 2.24) is 30.6 Å². The van der Waals surface area contributed by atoms with Crippen LogP contribution in [0.25, 0.3) is 11.2 Å². The van der Waals surface area contributed by atoms with E-state index in [-0.39, 0.29) is 0 Å². The van der Waals surface area contributed by atoms with Crippen molar-refractivity contribution in [2.75, 3.05) is 11.9 Å². The minimum absolute atomic E-state index is 0.367. The summed E-state index contributed by atoms with van der Waals surface area (Å²) in [7, 11) is 0. The Morgan fingerprint density at radius 3 is 2.82 bits per heavy atom. The Morgan fingerprint density at radius 2 is 2.07 bits per heavy atom. The van der Waals surface area contributed by atoms with E-state index in [1.165, 1.54) is 12.7 Å². The molecule has 4 rings (SSSR count). The second-order valence-corrected chi connectivity index (χ2v) is 7.03. The number of anilines is 1. The number of hydrogen-bond acceptors (Lipinski definition) is 10. The van der Waals surface area contributed by atoms with Crippen molar-refractivity contribution in [3.63, 3.8) is 0 Å². The number of nitrogens with one attached hydrogen (secondary N) is 4. The van der Waals surface area contributed by atoms with Gasteiger partial charge in [0.2, 0.25) is 5.91 Å². The molecule has 2 aliphatic rings. The number of rotatable bonds is 4. The van der Waals surface area contributed by atoms with Gasteiger partial charge in [0, 0.05) is 0 Å². The molecule has 0 radical (unpaired) electrons. The number of aliphatic hydroxyl groups is 3. The summed E-state index contributed by atoms with van der Waals surface area (Å²) in [5, 5.41) is 39.4. The van der Waals surface area contributed by atoms with Gasteiger partial charge in [-0.3, -0.25) is 4.79 Å². The summed E-state index contributed by atoms with van der Waals surface area (Å²) in [5.74, 6) is -0.0789. The highest BCUT2D eigenvalue weighted by molar-refractivity contribution is 5.83. The van der Waals surface area contributed by atoms with Crippen molar-refractivity contribution >= 4 is 22.9 Å². The molecule has 12 heteroatoms. The van der Waals surface area contributed by atoms with Gasteiger partial charge in [0.25, 0.3) is 0 Å². The average molecular weight is 393 g/mol. The Morgan fingerprint density at radius 1 is 1.25 bits per heavy atom. The molecule has 1 amide bonds. The van der Waals surface area contributed by atoms with Crippen LogP contribution in [0.1, 0.15) is 13.3 Å². The fourth-order valence-electron chi connectivity index (χ4n) is 3.61. The number of ether oxygens (including phenoxy) is 1. The third kappa shape index (κ3) is 3.40. The number of aromatic nitrogens is 4. The van der Waals surface area contributed by atoms with E-state index in [0.29, 0.717) is 29.9 Å². The number of carbonyl (C=O) groups is 1. The van der Waals surface area contributed by atoms with Gasteiger partial charge >= 0.3 is 0 Å². The van der Waals surface area contributed by atoms with Crippen LogP contribution in [0, 0.1) is 0 Å². The molecule has 2 aromatic rings. The number of imidazole rings is 1.